The molecule has 3 atom stereocenters. The Balaban J connectivity index is 1.73. The van der Waals surface area contributed by atoms with E-state index in [0.29, 0.717) is 0 Å². The van der Waals surface area contributed by atoms with Crippen molar-refractivity contribution >= 4 is 0 Å². The van der Waals surface area contributed by atoms with Crippen LogP contribution in [0.2, 0.25) is 0 Å². The van der Waals surface area contributed by atoms with Crippen LogP contribution in [0.1, 0.15) is 65.7 Å². The predicted molar refractivity (Wildman–Crippen MR) is 75.1 cm³/mol. The van der Waals surface area contributed by atoms with Crippen LogP contribution < -0.4 is 5.32 Å². The Labute approximate surface area is 108 Å². The van der Waals surface area contributed by atoms with Crippen molar-refractivity contribution in [1.82, 2.24) is 5.32 Å². The highest BCUT2D eigenvalue weighted by atomic mass is 14.9. The molecule has 0 aromatic heterocycles. The Bertz CT molecular complexity index is 220. The van der Waals surface area contributed by atoms with Gasteiger partial charge in [0.15, 0.2) is 0 Å². The van der Waals surface area contributed by atoms with Gasteiger partial charge in [-0.15, -0.1) is 0 Å². The number of nitrogens with one attached hydrogen (secondary N) is 1. The molecule has 0 aliphatic heterocycles. The van der Waals surface area contributed by atoms with Gasteiger partial charge in [-0.1, -0.05) is 46.5 Å². The van der Waals surface area contributed by atoms with Crippen molar-refractivity contribution in [2.45, 2.75) is 71.8 Å². The Morgan fingerprint density at radius 3 is 2.47 bits per heavy atom. The van der Waals surface area contributed by atoms with Gasteiger partial charge in [0.2, 0.25) is 0 Å². The lowest BCUT2D eigenvalue weighted by Gasteiger charge is -2.38. The van der Waals surface area contributed by atoms with E-state index in [2.05, 4.69) is 26.1 Å². The molecule has 1 N–H and O–H groups in total. The van der Waals surface area contributed by atoms with Gasteiger partial charge in [-0.2, -0.15) is 0 Å². The van der Waals surface area contributed by atoms with Crippen molar-refractivity contribution in [2.75, 3.05) is 6.54 Å². The fraction of sp³-hybridized carbons (Fsp3) is 1.00. The van der Waals surface area contributed by atoms with Gasteiger partial charge < -0.3 is 5.32 Å². The summed E-state index contributed by atoms with van der Waals surface area (Å²) in [6.45, 7) is 8.50. The van der Waals surface area contributed by atoms with Gasteiger partial charge in [0, 0.05) is 6.04 Å². The molecular weight excluding hydrogens is 206 g/mol. The molecule has 1 nitrogen and oxygen atoms in total. The standard InChI is InChI=1S/C16H31N/c1-12(2)15-8-7-13(3)11-16(15)17-10-9-14-5-4-6-14/h12-17H,4-11H2,1-3H3. The summed E-state index contributed by atoms with van der Waals surface area (Å²) in [7, 11) is 0. The molecule has 100 valence electrons. The van der Waals surface area contributed by atoms with Crippen LogP contribution in [0.5, 0.6) is 0 Å². The molecule has 2 aliphatic rings. The zero-order chi connectivity index (χ0) is 12.3. The summed E-state index contributed by atoms with van der Waals surface area (Å²) >= 11 is 0. The fourth-order valence-corrected chi connectivity index (χ4v) is 3.69. The number of rotatable bonds is 5. The Morgan fingerprint density at radius 1 is 1.12 bits per heavy atom. The highest BCUT2D eigenvalue weighted by Gasteiger charge is 2.30. The van der Waals surface area contributed by atoms with Crippen molar-refractivity contribution in [3.05, 3.63) is 0 Å². The zero-order valence-electron chi connectivity index (χ0n) is 12.0. The van der Waals surface area contributed by atoms with Crippen LogP contribution in [0.15, 0.2) is 0 Å². The lowest BCUT2D eigenvalue weighted by molar-refractivity contribution is 0.165. The molecule has 2 rings (SSSR count). The van der Waals surface area contributed by atoms with Gasteiger partial charge in [0.1, 0.15) is 0 Å². The SMILES string of the molecule is CC1CCC(C(C)C)C(NCCC2CCC2)C1. The van der Waals surface area contributed by atoms with Crippen molar-refractivity contribution in [2.24, 2.45) is 23.7 Å². The van der Waals surface area contributed by atoms with E-state index in [-0.39, 0.29) is 0 Å². The topological polar surface area (TPSA) is 12.0 Å². The van der Waals surface area contributed by atoms with Crippen LogP contribution in [0.4, 0.5) is 0 Å². The molecule has 2 fully saturated rings. The maximum atomic E-state index is 3.88. The minimum absolute atomic E-state index is 0.804. The van der Waals surface area contributed by atoms with Gasteiger partial charge in [-0.25, -0.2) is 0 Å². The largest absolute Gasteiger partial charge is 0.314 e. The van der Waals surface area contributed by atoms with E-state index < -0.39 is 0 Å². The van der Waals surface area contributed by atoms with E-state index in [1.54, 1.807) is 0 Å². The average Bonchev–Trinajstić information content (AvgIpc) is 2.21. The molecule has 2 aliphatic carbocycles. The molecule has 0 aromatic carbocycles. The molecule has 0 aromatic rings. The summed E-state index contributed by atoms with van der Waals surface area (Å²) in [6.07, 6.45) is 10.2. The van der Waals surface area contributed by atoms with E-state index in [0.717, 1.165) is 29.7 Å². The van der Waals surface area contributed by atoms with Crippen LogP contribution in [0.25, 0.3) is 0 Å². The summed E-state index contributed by atoms with van der Waals surface area (Å²) in [5, 5.41) is 3.88. The van der Waals surface area contributed by atoms with Crippen LogP contribution in [0.3, 0.4) is 0 Å². The summed E-state index contributed by atoms with van der Waals surface area (Å²) in [4.78, 5) is 0. The molecule has 0 saturated heterocycles. The third kappa shape index (κ3) is 3.71. The van der Waals surface area contributed by atoms with Crippen molar-refractivity contribution < 1.29 is 0 Å². The first-order valence-electron chi connectivity index (χ1n) is 7.90. The molecule has 0 heterocycles. The lowest BCUT2D eigenvalue weighted by Crippen LogP contribution is -2.43. The van der Waals surface area contributed by atoms with Crippen LogP contribution in [-0.2, 0) is 0 Å². The quantitative estimate of drug-likeness (QED) is 0.754. The van der Waals surface area contributed by atoms with Crippen molar-refractivity contribution in [1.29, 1.82) is 0 Å². The van der Waals surface area contributed by atoms with Gasteiger partial charge in [-0.05, 0) is 49.5 Å². The maximum absolute atomic E-state index is 3.88. The Morgan fingerprint density at radius 2 is 1.88 bits per heavy atom. The molecule has 0 bridgehead atoms. The minimum Gasteiger partial charge on any atom is -0.314 e. The fourth-order valence-electron chi connectivity index (χ4n) is 3.69. The van der Waals surface area contributed by atoms with Crippen LogP contribution >= 0.6 is 0 Å². The second-order valence-electron chi connectivity index (χ2n) is 6.97. The Kier molecular flexibility index (Phi) is 4.90. The predicted octanol–water partition coefficient (Wildman–Crippen LogP) is 4.23. The normalized spacial score (nSPS) is 34.9. The van der Waals surface area contributed by atoms with Crippen molar-refractivity contribution in [3.8, 4) is 0 Å². The monoisotopic (exact) mass is 237 g/mol. The molecule has 0 spiro atoms. The highest BCUT2D eigenvalue weighted by Crippen LogP contribution is 2.34. The van der Waals surface area contributed by atoms with E-state index in [1.807, 2.05) is 0 Å². The summed E-state index contributed by atoms with van der Waals surface area (Å²) < 4.78 is 0. The third-order valence-electron chi connectivity index (χ3n) is 5.21. The zero-order valence-corrected chi connectivity index (χ0v) is 12.0. The summed E-state index contributed by atoms with van der Waals surface area (Å²) in [6, 6.07) is 0.804. The maximum Gasteiger partial charge on any atom is 0.0100 e. The van der Waals surface area contributed by atoms with Gasteiger partial charge in [0.05, 0.1) is 0 Å². The Hall–Kier alpha value is -0.0400. The molecular formula is C16H31N. The second kappa shape index (κ2) is 6.22. The molecule has 2 saturated carbocycles. The third-order valence-corrected chi connectivity index (χ3v) is 5.21. The minimum atomic E-state index is 0.804. The van der Waals surface area contributed by atoms with Crippen LogP contribution in [-0.4, -0.2) is 12.6 Å². The van der Waals surface area contributed by atoms with E-state index in [9.17, 15) is 0 Å². The van der Waals surface area contributed by atoms with E-state index >= 15 is 0 Å². The van der Waals surface area contributed by atoms with E-state index in [4.69, 9.17) is 0 Å². The molecule has 1 heteroatoms. The first-order valence-corrected chi connectivity index (χ1v) is 7.90. The van der Waals surface area contributed by atoms with Gasteiger partial charge >= 0.3 is 0 Å². The smallest absolute Gasteiger partial charge is 0.0100 e. The van der Waals surface area contributed by atoms with Gasteiger partial charge in [-0.3, -0.25) is 0 Å². The second-order valence-corrected chi connectivity index (χ2v) is 6.97. The summed E-state index contributed by atoms with van der Waals surface area (Å²) in [5.74, 6) is 3.77. The highest BCUT2D eigenvalue weighted by molar-refractivity contribution is 4.85. The van der Waals surface area contributed by atoms with Crippen molar-refractivity contribution in [3.63, 3.8) is 0 Å². The summed E-state index contributed by atoms with van der Waals surface area (Å²) in [5.41, 5.74) is 0. The van der Waals surface area contributed by atoms with Crippen LogP contribution in [0, 0.1) is 23.7 Å². The molecule has 0 radical (unpaired) electrons. The van der Waals surface area contributed by atoms with Gasteiger partial charge in [0.25, 0.3) is 0 Å². The number of hydrogen-bond donors (Lipinski definition) is 1. The first kappa shape index (κ1) is 13.4. The van der Waals surface area contributed by atoms with E-state index in [1.165, 1.54) is 51.5 Å². The first-order chi connectivity index (χ1) is 8.16. The lowest BCUT2D eigenvalue weighted by atomic mass is 9.74. The molecule has 0 amide bonds. The average molecular weight is 237 g/mol. The molecule has 3 unspecified atom stereocenters. The number of hydrogen-bond acceptors (Lipinski definition) is 1. The molecule has 17 heavy (non-hydrogen) atoms.